The van der Waals surface area contributed by atoms with E-state index in [0.29, 0.717) is 28.1 Å². The smallest absolute Gasteiger partial charge is 0.268 e. The van der Waals surface area contributed by atoms with Crippen molar-refractivity contribution in [3.8, 4) is 5.75 Å². The number of nitrogens with one attached hydrogen (secondary N) is 4. The van der Waals surface area contributed by atoms with Gasteiger partial charge >= 0.3 is 0 Å². The van der Waals surface area contributed by atoms with E-state index >= 15 is 0 Å². The van der Waals surface area contributed by atoms with Crippen molar-refractivity contribution in [2.24, 2.45) is 0 Å². The van der Waals surface area contributed by atoms with Gasteiger partial charge in [0.1, 0.15) is 5.75 Å². The average Bonchev–Trinajstić information content (AvgIpc) is 3.00. The van der Waals surface area contributed by atoms with E-state index in [9.17, 15) is 14.7 Å². The van der Waals surface area contributed by atoms with Gasteiger partial charge in [0, 0.05) is 17.0 Å². The molecule has 23 heavy (non-hydrogen) atoms. The normalized spacial score (nSPS) is 11.3. The van der Waals surface area contributed by atoms with E-state index in [-0.39, 0.29) is 16.9 Å². The maximum Gasteiger partial charge on any atom is 0.268 e. The molecule has 3 rings (SSSR count). The second-order valence-corrected chi connectivity index (χ2v) is 5.73. The number of phenolic OH excluding ortho intramolecular Hbond substituents is 1. The molecule has 0 fully saturated rings. The third-order valence-electron chi connectivity index (χ3n) is 4.10. The van der Waals surface area contributed by atoms with Gasteiger partial charge in [-0.2, -0.15) is 0 Å². The molecule has 2 heterocycles. The van der Waals surface area contributed by atoms with Crippen LogP contribution in [0.2, 0.25) is 0 Å². The Balaban J connectivity index is 2.38. The van der Waals surface area contributed by atoms with Gasteiger partial charge in [0.25, 0.3) is 11.1 Å². The van der Waals surface area contributed by atoms with Crippen molar-refractivity contribution in [1.82, 2.24) is 20.4 Å². The molecule has 0 aliphatic heterocycles. The molecule has 0 atom stereocenters. The number of H-pyrrole nitrogens is 4. The second kappa shape index (κ2) is 5.35. The van der Waals surface area contributed by atoms with E-state index in [1.165, 1.54) is 0 Å². The zero-order valence-corrected chi connectivity index (χ0v) is 13.1. The van der Waals surface area contributed by atoms with Crippen LogP contribution in [0.15, 0.2) is 27.8 Å². The van der Waals surface area contributed by atoms with Crippen LogP contribution in [0.25, 0.3) is 0 Å². The molecule has 7 nitrogen and oxygen atoms in total. The minimum atomic E-state index is -0.667. The highest BCUT2D eigenvalue weighted by molar-refractivity contribution is 5.50. The van der Waals surface area contributed by atoms with Gasteiger partial charge in [0.2, 0.25) is 0 Å². The first kappa shape index (κ1) is 15.0. The van der Waals surface area contributed by atoms with E-state index in [4.69, 9.17) is 0 Å². The van der Waals surface area contributed by atoms with Crippen LogP contribution in [-0.4, -0.2) is 25.5 Å². The lowest BCUT2D eigenvalue weighted by Crippen LogP contribution is -2.20. The molecule has 5 N–H and O–H groups in total. The fourth-order valence-electron chi connectivity index (χ4n) is 2.97. The molecule has 0 unspecified atom stereocenters. The molecule has 0 aliphatic carbocycles. The Hall–Kier alpha value is -2.96. The molecule has 0 spiro atoms. The van der Waals surface area contributed by atoms with Crippen LogP contribution in [0, 0.1) is 20.8 Å². The zero-order valence-electron chi connectivity index (χ0n) is 13.1. The highest BCUT2D eigenvalue weighted by Gasteiger charge is 2.29. The van der Waals surface area contributed by atoms with Crippen molar-refractivity contribution in [1.29, 1.82) is 0 Å². The third-order valence-corrected chi connectivity index (χ3v) is 4.10. The molecule has 0 saturated carbocycles. The van der Waals surface area contributed by atoms with Crippen molar-refractivity contribution >= 4 is 0 Å². The number of benzene rings is 1. The highest BCUT2D eigenvalue weighted by atomic mass is 16.3. The molecular formula is C16H18N4O3. The number of aryl methyl sites for hydroxylation is 3. The Morgan fingerprint density at radius 3 is 1.83 bits per heavy atom. The summed E-state index contributed by atoms with van der Waals surface area (Å²) in [5, 5.41) is 21.0. The molecule has 0 saturated heterocycles. The van der Waals surface area contributed by atoms with Crippen LogP contribution in [0.4, 0.5) is 0 Å². The van der Waals surface area contributed by atoms with Crippen molar-refractivity contribution in [3.63, 3.8) is 0 Å². The minimum Gasteiger partial charge on any atom is -0.508 e. The van der Waals surface area contributed by atoms with Crippen LogP contribution in [0.1, 0.15) is 39.6 Å². The predicted molar refractivity (Wildman–Crippen MR) is 86.1 cm³/mol. The number of aromatic amines is 4. The third kappa shape index (κ3) is 2.40. The van der Waals surface area contributed by atoms with E-state index in [2.05, 4.69) is 20.4 Å². The largest absolute Gasteiger partial charge is 0.508 e. The Kier molecular flexibility index (Phi) is 3.48. The molecule has 0 bridgehead atoms. The van der Waals surface area contributed by atoms with E-state index in [1.807, 2.05) is 6.92 Å². The van der Waals surface area contributed by atoms with Crippen molar-refractivity contribution in [3.05, 3.63) is 72.5 Å². The average molecular weight is 314 g/mol. The molecule has 2 aromatic heterocycles. The van der Waals surface area contributed by atoms with Crippen molar-refractivity contribution in [2.75, 3.05) is 0 Å². The number of phenols is 1. The summed E-state index contributed by atoms with van der Waals surface area (Å²) in [5.41, 5.74) is 2.91. The van der Waals surface area contributed by atoms with Gasteiger partial charge in [0.15, 0.2) is 0 Å². The summed E-state index contributed by atoms with van der Waals surface area (Å²) < 4.78 is 0. The molecule has 1 aromatic carbocycles. The van der Waals surface area contributed by atoms with Gasteiger partial charge < -0.3 is 15.3 Å². The van der Waals surface area contributed by atoms with Crippen LogP contribution in [0.5, 0.6) is 5.75 Å². The van der Waals surface area contributed by atoms with Gasteiger partial charge in [-0.25, -0.2) is 0 Å². The van der Waals surface area contributed by atoms with Crippen LogP contribution >= 0.6 is 0 Å². The van der Waals surface area contributed by atoms with Gasteiger partial charge in [-0.15, -0.1) is 0 Å². The van der Waals surface area contributed by atoms with Gasteiger partial charge in [-0.05, 0) is 26.8 Å². The molecule has 3 aromatic rings. The Morgan fingerprint density at radius 2 is 1.39 bits per heavy atom. The summed E-state index contributed by atoms with van der Waals surface area (Å²) in [6, 6.07) is 5.14. The summed E-state index contributed by atoms with van der Waals surface area (Å²) in [5.74, 6) is -0.625. The van der Waals surface area contributed by atoms with E-state index in [0.717, 1.165) is 5.56 Å². The van der Waals surface area contributed by atoms with Crippen molar-refractivity contribution < 1.29 is 5.11 Å². The fraction of sp³-hybridized carbons (Fsp3) is 0.250. The van der Waals surface area contributed by atoms with Crippen LogP contribution < -0.4 is 11.1 Å². The van der Waals surface area contributed by atoms with Crippen molar-refractivity contribution in [2.45, 2.75) is 26.7 Å². The number of hydrogen-bond donors (Lipinski definition) is 5. The zero-order chi connectivity index (χ0) is 16.7. The quantitative estimate of drug-likeness (QED) is 0.504. The molecule has 0 radical (unpaired) electrons. The minimum absolute atomic E-state index is 0.0422. The number of hydrogen-bond acceptors (Lipinski definition) is 3. The SMILES string of the molecule is Cc1ccc(O)c(C(c2c(C)[nH][nH]c2=O)c2c(C)[nH][nH]c2=O)c1. The molecule has 0 aliphatic rings. The lowest BCUT2D eigenvalue weighted by molar-refractivity contribution is 0.466. The summed E-state index contributed by atoms with van der Waals surface area (Å²) in [7, 11) is 0. The summed E-state index contributed by atoms with van der Waals surface area (Å²) in [6.45, 7) is 5.40. The summed E-state index contributed by atoms with van der Waals surface area (Å²) in [6.07, 6.45) is 0. The Morgan fingerprint density at radius 1 is 0.870 bits per heavy atom. The van der Waals surface area contributed by atoms with E-state index < -0.39 is 5.92 Å². The van der Waals surface area contributed by atoms with Crippen LogP contribution in [0.3, 0.4) is 0 Å². The fourth-order valence-corrected chi connectivity index (χ4v) is 2.97. The molecular weight excluding hydrogens is 296 g/mol. The highest BCUT2D eigenvalue weighted by Crippen LogP contribution is 2.36. The number of aromatic hydroxyl groups is 1. The number of aromatic nitrogens is 4. The Labute approximate surface area is 131 Å². The standard InChI is InChI=1S/C16H18N4O3/c1-7-4-5-11(21)10(6-7)14(12-8(2)17-19-15(12)22)13-9(3)18-20-16(13)23/h4-6,14,21H,1-3H3,(H2,17,19,22)(H2,18,20,23). The first-order valence-corrected chi connectivity index (χ1v) is 7.24. The first-order valence-electron chi connectivity index (χ1n) is 7.24. The summed E-state index contributed by atoms with van der Waals surface area (Å²) >= 11 is 0. The molecule has 7 heteroatoms. The van der Waals surface area contributed by atoms with Gasteiger partial charge in [-0.1, -0.05) is 17.7 Å². The maximum atomic E-state index is 12.3. The molecule has 0 amide bonds. The molecule has 120 valence electrons. The van der Waals surface area contributed by atoms with Gasteiger partial charge in [0.05, 0.1) is 17.0 Å². The first-order chi connectivity index (χ1) is 10.9. The maximum absolute atomic E-state index is 12.3. The van der Waals surface area contributed by atoms with Crippen LogP contribution in [-0.2, 0) is 0 Å². The monoisotopic (exact) mass is 314 g/mol. The second-order valence-electron chi connectivity index (χ2n) is 5.73. The Bertz CT molecular complexity index is 920. The topological polar surface area (TPSA) is 118 Å². The number of rotatable bonds is 3. The van der Waals surface area contributed by atoms with E-state index in [1.54, 1.807) is 32.0 Å². The predicted octanol–water partition coefficient (Wildman–Crippen LogP) is 1.53. The lowest BCUT2D eigenvalue weighted by Gasteiger charge is -2.17. The lowest BCUT2D eigenvalue weighted by atomic mass is 9.84. The van der Waals surface area contributed by atoms with Gasteiger partial charge in [-0.3, -0.25) is 19.8 Å². The summed E-state index contributed by atoms with van der Waals surface area (Å²) in [4.78, 5) is 24.6.